The summed E-state index contributed by atoms with van der Waals surface area (Å²) in [5.74, 6) is -5.11. The van der Waals surface area contributed by atoms with Crippen LogP contribution in [-0.4, -0.2) is 147 Å². The summed E-state index contributed by atoms with van der Waals surface area (Å²) in [5, 5.41) is 60.5. The average molecular weight is 2080 g/mol. The number of anilines is 3. The molecule has 0 aliphatic heterocycles. The molecule has 2 saturated carbocycles. The van der Waals surface area contributed by atoms with Crippen LogP contribution in [0.15, 0.2) is 261 Å². The number of nitrogens with one attached hydrogen (secondary N) is 3. The van der Waals surface area contributed by atoms with Gasteiger partial charge in [0.2, 0.25) is 0 Å². The summed E-state index contributed by atoms with van der Waals surface area (Å²) in [5.41, 5.74) is 31.0. The molecule has 14 aromatic rings. The third-order valence-electron chi connectivity index (χ3n) is 21.3. The smallest absolute Gasteiger partial charge is 1.00 e. The first-order valence-corrected chi connectivity index (χ1v) is 51.9. The number of aldehydes is 1. The first kappa shape index (κ1) is 119. The number of nitrogens with zero attached hydrogens (tertiary/aromatic N) is 10. The Bertz CT molecular complexity index is 6720. The van der Waals surface area contributed by atoms with Crippen molar-refractivity contribution >= 4 is 91.9 Å². The molecule has 748 valence electrons. The number of aliphatic hydroxyl groups is 2. The molecule has 3 heterocycles. The van der Waals surface area contributed by atoms with Gasteiger partial charge in [0.25, 0.3) is 5.91 Å². The Morgan fingerprint density at radius 2 is 1.00 bits per heavy atom. The first-order chi connectivity index (χ1) is 67.3. The van der Waals surface area contributed by atoms with E-state index in [2.05, 4.69) is 109 Å². The normalized spacial score (nSPS) is 12.1. The van der Waals surface area contributed by atoms with E-state index >= 15 is 0 Å². The number of carbonyl (C=O) groups excluding carboxylic acids is 3. The molecule has 0 radical (unpaired) electrons. The maximum atomic E-state index is 14.8. The summed E-state index contributed by atoms with van der Waals surface area (Å²) in [6, 6.07) is 70.4. The number of halogens is 9. The molecule has 0 spiro atoms. The number of carbonyl (C=O) groups is 4. The van der Waals surface area contributed by atoms with Gasteiger partial charge in [0.05, 0.1) is 70.5 Å². The fraction of sp³-hybridized carbons (Fsp3) is 0.241. The summed E-state index contributed by atoms with van der Waals surface area (Å²) in [6.45, 7) is 39.0. The van der Waals surface area contributed by atoms with Crippen LogP contribution < -0.4 is 60.1 Å². The first-order valence-electron chi connectivity index (χ1n) is 45.0. The minimum atomic E-state index is -1.42. The van der Waals surface area contributed by atoms with E-state index in [9.17, 15) is 64.5 Å². The van der Waals surface area contributed by atoms with Crippen LogP contribution in [0, 0.1) is 110 Å². The molecular weight excluding hydrogens is 1960 g/mol. The van der Waals surface area contributed by atoms with Crippen molar-refractivity contribution < 1.29 is 86.6 Å². The van der Waals surface area contributed by atoms with E-state index in [0.717, 1.165) is 116 Å². The number of rotatable bonds is 27. The molecule has 0 saturated heterocycles. The Morgan fingerprint density at radius 1 is 0.549 bits per heavy atom. The second-order valence-corrected chi connectivity index (χ2v) is 44.9. The van der Waals surface area contributed by atoms with Gasteiger partial charge in [-0.05, 0) is 251 Å². The Morgan fingerprint density at radius 3 is 1.47 bits per heavy atom. The van der Waals surface area contributed by atoms with E-state index in [1.54, 1.807) is 134 Å². The summed E-state index contributed by atoms with van der Waals surface area (Å²) < 4.78 is 114. The molecule has 2 aliphatic rings. The minimum Gasteiger partial charge on any atom is -1.00 e. The maximum absolute atomic E-state index is 14.8. The molecule has 36 heteroatoms. The van der Waals surface area contributed by atoms with Crippen LogP contribution in [0.2, 0.25) is 39.3 Å². The SMILES string of the molecule is C.C[Si](C)(C)N(c1c[c-]ccc1)[Si](C)(C)C.Cc1cc(C(=O)O)n(-c2cccc(C#N)c2)n1.NCC1CC1.NCCNCCN.Nc1cccc(C(O)c2cc(F)ccc2F)c1.O=Cc1cc(F)ccc1F.[Br-].[C-]#[N+]c1cccc(-n2nc(C)cc2C(=O)Cc2cccc(C(NCC3CC3)c3cc(F)ccc3F)c2)c1.[C-]#[N+]c1cccc(-n2nc(C)cc2C(=O)Nc2cccc(C(O)c3cc(F)ccc3F)c2)c1.[Mg+2]. The number of nitrogen functional groups attached to an aromatic ring is 1. The number of aryl methyl sites for hydroxylation is 3. The van der Waals surface area contributed by atoms with Gasteiger partial charge in [0.1, 0.15) is 86.6 Å². The van der Waals surface area contributed by atoms with Crippen molar-refractivity contribution in [2.75, 3.05) is 54.6 Å². The number of aromatic nitrogens is 6. The third-order valence-corrected chi connectivity index (χ3v) is 28.5. The van der Waals surface area contributed by atoms with Gasteiger partial charge < -0.3 is 75.4 Å². The molecule has 24 nitrogen and oxygen atoms in total. The quantitative estimate of drug-likeness (QED) is 0.00435. The molecule has 14 N–H and O–H groups in total. The predicted octanol–water partition coefficient (Wildman–Crippen LogP) is 18.1. The van der Waals surface area contributed by atoms with Gasteiger partial charge in [0.15, 0.2) is 29.1 Å². The molecule has 1 amide bonds. The number of carboxylic acid groups (broad SMARTS) is 1. The maximum Gasteiger partial charge on any atom is 2.00 e. The van der Waals surface area contributed by atoms with Crippen LogP contribution >= 0.6 is 0 Å². The second kappa shape index (κ2) is 57.5. The molecular formula is C108H116BrF8MgN17O7Si2. The fourth-order valence-corrected chi connectivity index (χ4v) is 24.6. The second-order valence-electron chi connectivity index (χ2n) is 34.9. The van der Waals surface area contributed by atoms with E-state index in [4.69, 9.17) is 46.4 Å². The molecule has 11 aromatic carbocycles. The number of hydrogen-bond donors (Lipinski definition) is 10. The van der Waals surface area contributed by atoms with Crippen LogP contribution in [0.5, 0.6) is 0 Å². The Balaban J connectivity index is 0.000000269. The molecule has 2 fully saturated rings. The van der Waals surface area contributed by atoms with Gasteiger partial charge in [0, 0.05) is 60.7 Å². The number of Topliss-reactive ketones (excluding diaryl/α,β-unsaturated/α-hetero) is 1. The number of aliphatic hydroxyl groups excluding tert-OH is 2. The summed E-state index contributed by atoms with van der Waals surface area (Å²) in [6.07, 6.45) is 2.78. The number of nitrogens with two attached hydrogens (primary N) is 4. The van der Waals surface area contributed by atoms with Crippen LogP contribution in [0.1, 0.15) is 155 Å². The number of hydrogen-bond acceptors (Lipinski definition) is 17. The third kappa shape index (κ3) is 36.3. The zero-order valence-corrected chi connectivity index (χ0v) is 85.4. The molecule has 0 bridgehead atoms. The Kier molecular flexibility index (Phi) is 47.5. The minimum absolute atomic E-state index is 0. The van der Waals surface area contributed by atoms with Crippen molar-refractivity contribution in [1.29, 1.82) is 5.26 Å². The zero-order valence-electron chi connectivity index (χ0n) is 80.4. The van der Waals surface area contributed by atoms with Gasteiger partial charge in [-0.3, -0.25) is 14.4 Å². The van der Waals surface area contributed by atoms with E-state index in [-0.39, 0.29) is 105 Å². The molecule has 16 rings (SSSR count). The number of ketones is 1. The number of nitriles is 1. The molecule has 3 atom stereocenters. The molecule has 2 aliphatic carbocycles. The van der Waals surface area contributed by atoms with E-state index in [0.29, 0.717) is 99.3 Å². The van der Waals surface area contributed by atoms with Gasteiger partial charge in [-0.1, -0.05) is 131 Å². The van der Waals surface area contributed by atoms with E-state index in [1.807, 2.05) is 49.4 Å². The zero-order chi connectivity index (χ0) is 103. The molecule has 144 heavy (non-hydrogen) atoms. The topological polar surface area (TPSA) is 358 Å². The standard InChI is InChI=1S/C30H26F2N4O.C25H18F2N4O2.C13H11F2NO.C12H9N3O2.C12H22NSi2.C7H4F2O.C4H13N3.C4H9N.CH4.BrH.Mg/c1-19-13-28(36(35-19)25-8-4-7-24(17-25)33-2)29(37)15-21-5-3-6-22(14-21)30(34-18-20-9-10-20)26-16-23(31)11-12-27(26)32;1-15-11-23(31(30-15)20-8-4-6-18(14-20)28-2)25(33)29-19-7-3-5-16(12-19)24(32)21-13-17(26)9-10-22(21)27;14-9-4-5-12(15)11(7-9)13(17)8-2-1-3-10(16)6-8;1-8-5-11(12(16)17)15(14-8)10-4-2-3-9(6-10)7-13;1-14(2,3)13(15(4,5)6)12-10-8-7-9-11-12;8-6-1-2-7(9)5(3-6)4-10;5-1-3-7-4-2-6;5-3-4-1-2-4;;;/h3-8,11-14,16-17,20,30,34H,9-10,15,18H2,1H3;3-14,24,32H,1H3,(H,29,33);1-7,13,17H,16H2;2-6H,1H3,(H,16,17);7-8,10-11H,1-6H3;1-4H;7H,1-6H2;4H,1-3,5H2;1H4;1H;/q;;;;-1;;;;;;+2/p-1. The van der Waals surface area contributed by atoms with Crippen LogP contribution in [0.3, 0.4) is 0 Å². The van der Waals surface area contributed by atoms with Gasteiger partial charge in [-0.25, -0.2) is 63.7 Å². The molecule has 3 aromatic heterocycles. The Labute approximate surface area is 862 Å². The van der Waals surface area contributed by atoms with Crippen molar-refractivity contribution in [3.05, 3.63) is 421 Å². The number of carboxylic acids is 1. The number of amides is 1. The summed E-state index contributed by atoms with van der Waals surface area (Å²) in [7, 11) is -2.58. The monoisotopic (exact) mass is 2070 g/mol. The fourth-order valence-electron chi connectivity index (χ4n) is 14.7. The van der Waals surface area contributed by atoms with Crippen molar-refractivity contribution in [3.8, 4) is 23.1 Å². The van der Waals surface area contributed by atoms with Crippen LogP contribution in [-0.2, 0) is 6.42 Å². The molecule has 3 unspecified atom stereocenters. The Hall–Kier alpha value is -13.8. The van der Waals surface area contributed by atoms with E-state index < -0.39 is 93.1 Å². The van der Waals surface area contributed by atoms with Crippen LogP contribution in [0.25, 0.3) is 26.8 Å². The van der Waals surface area contributed by atoms with Crippen molar-refractivity contribution in [2.45, 2.75) is 118 Å². The van der Waals surface area contributed by atoms with Crippen molar-refractivity contribution in [3.63, 3.8) is 0 Å². The van der Waals surface area contributed by atoms with Crippen molar-refractivity contribution in [1.82, 2.24) is 40.0 Å². The predicted molar refractivity (Wildman–Crippen MR) is 550 cm³/mol. The average Bonchev–Trinajstić information content (AvgIpc) is 1.43. The largest absolute Gasteiger partial charge is 2.00 e. The van der Waals surface area contributed by atoms with Gasteiger partial charge >= 0.3 is 29.0 Å². The van der Waals surface area contributed by atoms with E-state index in [1.165, 1.54) is 52.2 Å². The number of benzene rings is 11. The number of aromatic carboxylic acids is 1. The van der Waals surface area contributed by atoms with Crippen LogP contribution in [0.4, 0.5) is 63.6 Å². The van der Waals surface area contributed by atoms with Gasteiger partial charge in [-0.2, -0.15) is 50.9 Å². The van der Waals surface area contributed by atoms with Crippen molar-refractivity contribution in [2.24, 2.45) is 29.0 Å². The van der Waals surface area contributed by atoms with Gasteiger partial charge in [-0.15, -0.1) is 0 Å². The summed E-state index contributed by atoms with van der Waals surface area (Å²) in [4.78, 5) is 54.3. The summed E-state index contributed by atoms with van der Waals surface area (Å²) >= 11 is 0.